The van der Waals surface area contributed by atoms with E-state index in [2.05, 4.69) is 39.9 Å². The maximum Gasteiger partial charge on any atom is 0.192 e. The summed E-state index contributed by atoms with van der Waals surface area (Å²) in [6.07, 6.45) is 0. The fraction of sp³-hybridized carbons (Fsp3) is 0.571. The molecule has 0 fully saturated rings. The van der Waals surface area contributed by atoms with Gasteiger partial charge in [0.15, 0.2) is 8.32 Å². The highest BCUT2D eigenvalue weighted by Crippen LogP contribution is 2.37. The first-order valence-corrected chi connectivity index (χ1v) is 8.96. The average Bonchev–Trinajstić information content (AvgIpc) is 2.11. The minimum atomic E-state index is -1.70. The van der Waals surface area contributed by atoms with Crippen LogP contribution in [0.4, 0.5) is 0 Å². The zero-order valence-corrected chi connectivity index (χ0v) is 12.8. The van der Waals surface area contributed by atoms with E-state index >= 15 is 0 Å². The maximum atomic E-state index is 9.54. The van der Waals surface area contributed by atoms with Crippen molar-refractivity contribution in [1.82, 2.24) is 0 Å². The number of aryl methyl sites for hydroxylation is 1. The molecule has 0 aliphatic rings. The minimum Gasteiger partial charge on any atom is -0.508 e. The normalized spacial score (nSPS) is 12.8. The van der Waals surface area contributed by atoms with Gasteiger partial charge >= 0.3 is 0 Å². The van der Waals surface area contributed by atoms with Gasteiger partial charge < -0.3 is 9.53 Å². The Morgan fingerprint density at radius 3 is 2.24 bits per heavy atom. The molecule has 17 heavy (non-hydrogen) atoms. The molecule has 96 valence electrons. The number of rotatable bonds is 3. The lowest BCUT2D eigenvalue weighted by Gasteiger charge is -2.36. The van der Waals surface area contributed by atoms with Gasteiger partial charge in [-0.2, -0.15) is 0 Å². The van der Waals surface area contributed by atoms with Gasteiger partial charge in [-0.3, -0.25) is 0 Å². The Hall–Kier alpha value is -0.803. The van der Waals surface area contributed by atoms with Crippen LogP contribution < -0.4 is 0 Å². The number of hydrogen-bond donors (Lipinski definition) is 1. The van der Waals surface area contributed by atoms with Gasteiger partial charge in [-0.05, 0) is 48.3 Å². The molecule has 2 nitrogen and oxygen atoms in total. The van der Waals surface area contributed by atoms with E-state index in [1.807, 2.05) is 6.92 Å². The second kappa shape index (κ2) is 4.82. The molecular formula is C14H24O2Si. The molecule has 0 radical (unpaired) electrons. The van der Waals surface area contributed by atoms with Gasteiger partial charge in [0.2, 0.25) is 0 Å². The van der Waals surface area contributed by atoms with Crippen molar-refractivity contribution in [2.75, 3.05) is 0 Å². The zero-order valence-electron chi connectivity index (χ0n) is 11.8. The molecule has 3 heteroatoms. The lowest BCUT2D eigenvalue weighted by atomic mass is 10.1. The first kappa shape index (κ1) is 14.3. The van der Waals surface area contributed by atoms with Gasteiger partial charge in [-0.1, -0.05) is 26.8 Å². The van der Waals surface area contributed by atoms with Crippen LogP contribution in [0.3, 0.4) is 0 Å². The molecule has 0 saturated carbocycles. The van der Waals surface area contributed by atoms with Crippen LogP contribution in [-0.2, 0) is 11.0 Å². The molecule has 0 heterocycles. The zero-order chi connectivity index (χ0) is 13.3. The van der Waals surface area contributed by atoms with Crippen molar-refractivity contribution in [2.45, 2.75) is 52.4 Å². The monoisotopic (exact) mass is 252 g/mol. The number of phenols is 1. The third-order valence-corrected chi connectivity index (χ3v) is 8.01. The van der Waals surface area contributed by atoms with Gasteiger partial charge in [0.1, 0.15) is 5.75 Å². The summed E-state index contributed by atoms with van der Waals surface area (Å²) in [6.45, 7) is 13.7. The van der Waals surface area contributed by atoms with Crippen LogP contribution in [0.2, 0.25) is 18.1 Å². The van der Waals surface area contributed by atoms with Crippen LogP contribution in [0.25, 0.3) is 0 Å². The molecule has 0 amide bonds. The molecule has 0 bridgehead atoms. The molecule has 1 rings (SSSR count). The Labute approximate surface area is 106 Å². The molecule has 0 saturated heterocycles. The summed E-state index contributed by atoms with van der Waals surface area (Å²) in [5.41, 5.74) is 2.12. The molecule has 0 aliphatic carbocycles. The van der Waals surface area contributed by atoms with E-state index in [0.717, 1.165) is 11.1 Å². The van der Waals surface area contributed by atoms with E-state index in [9.17, 15) is 5.11 Å². The smallest absolute Gasteiger partial charge is 0.192 e. The number of phenolic OH excluding ortho intramolecular Hbond substituents is 1. The number of benzene rings is 1. The highest BCUT2D eigenvalue weighted by molar-refractivity contribution is 6.74. The van der Waals surface area contributed by atoms with Crippen molar-refractivity contribution >= 4 is 8.32 Å². The van der Waals surface area contributed by atoms with Gasteiger partial charge in [0, 0.05) is 0 Å². The van der Waals surface area contributed by atoms with E-state index in [4.69, 9.17) is 4.43 Å². The molecule has 1 aromatic rings. The van der Waals surface area contributed by atoms with Crippen molar-refractivity contribution < 1.29 is 9.53 Å². The maximum absolute atomic E-state index is 9.54. The van der Waals surface area contributed by atoms with Crippen LogP contribution in [0, 0.1) is 6.92 Å². The Morgan fingerprint density at radius 2 is 1.76 bits per heavy atom. The Kier molecular flexibility index (Phi) is 4.05. The van der Waals surface area contributed by atoms with Crippen LogP contribution in [0.15, 0.2) is 18.2 Å². The minimum absolute atomic E-state index is 0.221. The fourth-order valence-electron chi connectivity index (χ4n) is 1.40. The predicted octanol–water partition coefficient (Wildman–Crippen LogP) is 4.22. The van der Waals surface area contributed by atoms with Gasteiger partial charge in [-0.15, -0.1) is 0 Å². The van der Waals surface area contributed by atoms with Crippen molar-refractivity contribution in [3.8, 4) is 5.75 Å². The summed E-state index contributed by atoms with van der Waals surface area (Å²) in [6, 6.07) is 5.60. The molecule has 0 aliphatic heterocycles. The molecule has 0 aromatic heterocycles. The lowest BCUT2D eigenvalue weighted by Crippen LogP contribution is -2.40. The predicted molar refractivity (Wildman–Crippen MR) is 74.8 cm³/mol. The largest absolute Gasteiger partial charge is 0.508 e. The standard InChI is InChI=1S/C14H24O2Si/c1-11-7-12(9-13(15)8-11)10-16-17(5,6)14(2,3)4/h7-9,15H,10H2,1-6H3. The topological polar surface area (TPSA) is 29.5 Å². The van der Waals surface area contributed by atoms with Gasteiger partial charge in [-0.25, -0.2) is 0 Å². The fourth-order valence-corrected chi connectivity index (χ4v) is 2.36. The molecular weight excluding hydrogens is 228 g/mol. The van der Waals surface area contributed by atoms with Gasteiger partial charge in [0.25, 0.3) is 0 Å². The third kappa shape index (κ3) is 3.86. The van der Waals surface area contributed by atoms with Gasteiger partial charge in [0.05, 0.1) is 6.61 Å². The first-order chi connectivity index (χ1) is 7.62. The van der Waals surface area contributed by atoms with E-state index in [1.54, 1.807) is 12.1 Å². The van der Waals surface area contributed by atoms with E-state index in [-0.39, 0.29) is 5.04 Å². The Bertz CT molecular complexity index is 371. The number of aromatic hydroxyl groups is 1. The summed E-state index contributed by atoms with van der Waals surface area (Å²) < 4.78 is 6.12. The summed E-state index contributed by atoms with van der Waals surface area (Å²) >= 11 is 0. The van der Waals surface area contributed by atoms with Crippen LogP contribution in [-0.4, -0.2) is 13.4 Å². The lowest BCUT2D eigenvalue weighted by molar-refractivity contribution is 0.275. The van der Waals surface area contributed by atoms with E-state index < -0.39 is 8.32 Å². The average molecular weight is 252 g/mol. The summed E-state index contributed by atoms with van der Waals surface area (Å²) in [7, 11) is -1.70. The van der Waals surface area contributed by atoms with Crippen LogP contribution >= 0.6 is 0 Å². The second-order valence-corrected chi connectivity index (χ2v) is 11.0. The van der Waals surface area contributed by atoms with Crippen molar-refractivity contribution in [1.29, 1.82) is 0 Å². The molecule has 0 unspecified atom stereocenters. The van der Waals surface area contributed by atoms with E-state index in [1.165, 1.54) is 0 Å². The van der Waals surface area contributed by atoms with E-state index in [0.29, 0.717) is 12.4 Å². The summed E-state index contributed by atoms with van der Waals surface area (Å²) in [4.78, 5) is 0. The van der Waals surface area contributed by atoms with Crippen LogP contribution in [0.1, 0.15) is 31.9 Å². The molecule has 0 spiro atoms. The molecule has 1 N–H and O–H groups in total. The highest BCUT2D eigenvalue weighted by atomic mass is 28.4. The third-order valence-electron chi connectivity index (χ3n) is 3.53. The summed E-state index contributed by atoms with van der Waals surface area (Å²) in [5.74, 6) is 0.318. The van der Waals surface area contributed by atoms with Crippen molar-refractivity contribution in [3.63, 3.8) is 0 Å². The SMILES string of the molecule is Cc1cc(O)cc(CO[Si](C)(C)C(C)(C)C)c1. The molecule has 1 aromatic carbocycles. The second-order valence-electron chi connectivity index (χ2n) is 6.23. The summed E-state index contributed by atoms with van der Waals surface area (Å²) in [5, 5.41) is 9.76. The first-order valence-electron chi connectivity index (χ1n) is 6.05. The quantitative estimate of drug-likeness (QED) is 0.816. The van der Waals surface area contributed by atoms with Crippen LogP contribution in [0.5, 0.6) is 5.75 Å². The van der Waals surface area contributed by atoms with Crippen molar-refractivity contribution in [3.05, 3.63) is 29.3 Å². The Morgan fingerprint density at radius 1 is 1.18 bits per heavy atom. The number of hydrogen-bond acceptors (Lipinski definition) is 2. The highest BCUT2D eigenvalue weighted by Gasteiger charge is 2.36. The molecule has 0 atom stereocenters. The Balaban J connectivity index is 2.74. The van der Waals surface area contributed by atoms with Crippen molar-refractivity contribution in [2.24, 2.45) is 0 Å².